The summed E-state index contributed by atoms with van der Waals surface area (Å²) in [6, 6.07) is 5.18. The van der Waals surface area contributed by atoms with Gasteiger partial charge in [-0.2, -0.15) is 0 Å². The molecule has 0 saturated heterocycles. The summed E-state index contributed by atoms with van der Waals surface area (Å²) >= 11 is 0. The van der Waals surface area contributed by atoms with Crippen LogP contribution >= 0.6 is 0 Å². The van der Waals surface area contributed by atoms with E-state index >= 15 is 0 Å². The molecule has 0 radical (unpaired) electrons. The van der Waals surface area contributed by atoms with Crippen molar-refractivity contribution in [3.8, 4) is 17.2 Å². The van der Waals surface area contributed by atoms with E-state index < -0.39 is 21.4 Å². The molecule has 0 aliphatic rings. The van der Waals surface area contributed by atoms with Crippen molar-refractivity contribution in [1.82, 2.24) is 19.7 Å². The zero-order valence-corrected chi connectivity index (χ0v) is 23.2. The van der Waals surface area contributed by atoms with Crippen molar-refractivity contribution < 1.29 is 27.0 Å². The van der Waals surface area contributed by atoms with Gasteiger partial charge in [0.1, 0.15) is 28.2 Å². The van der Waals surface area contributed by atoms with Crippen LogP contribution in [-0.2, 0) is 14.8 Å². The van der Waals surface area contributed by atoms with Crippen molar-refractivity contribution in [2.75, 3.05) is 26.1 Å². The number of nitrogens with one attached hydrogen (secondary N) is 1. The van der Waals surface area contributed by atoms with E-state index in [0.29, 0.717) is 34.3 Å². The normalized spacial score (nSPS) is 13.9. The Morgan fingerprint density at radius 2 is 1.84 bits per heavy atom. The van der Waals surface area contributed by atoms with Crippen LogP contribution in [-0.4, -0.2) is 61.0 Å². The molecule has 1 aromatic carbocycles. The quantitative estimate of drug-likeness (QED) is 0.333. The summed E-state index contributed by atoms with van der Waals surface area (Å²) < 4.78 is 53.3. The number of aryl methyl sites for hydroxylation is 1. The van der Waals surface area contributed by atoms with Crippen LogP contribution in [0.25, 0.3) is 11.3 Å². The average Bonchev–Trinajstić information content (AvgIpc) is 3.49. The van der Waals surface area contributed by atoms with E-state index in [-0.39, 0.29) is 11.8 Å². The number of hydrogen-bond acceptors (Lipinski definition) is 10. The molecule has 0 spiro atoms. The molecule has 12 nitrogen and oxygen atoms in total. The number of oxazole rings is 1. The zero-order valence-electron chi connectivity index (χ0n) is 22.4. The zero-order chi connectivity index (χ0) is 28.0. The fraction of sp³-hybridized carbons (Fsp3) is 0.360. The van der Waals surface area contributed by atoms with Gasteiger partial charge in [0, 0.05) is 25.1 Å². The maximum Gasteiger partial charge on any atom is 0.243 e. The highest BCUT2D eigenvalue weighted by atomic mass is 32.2. The Labute approximate surface area is 222 Å². The first-order valence-corrected chi connectivity index (χ1v) is 13.1. The second-order valence-corrected chi connectivity index (χ2v) is 10.5. The molecular formula is C25H32N6O6S. The lowest BCUT2D eigenvalue weighted by Gasteiger charge is -2.22. The Morgan fingerprint density at radius 3 is 2.37 bits per heavy atom. The summed E-state index contributed by atoms with van der Waals surface area (Å²) in [5.41, 5.74) is 1.75. The minimum Gasteiger partial charge on any atom is -0.494 e. The van der Waals surface area contributed by atoms with E-state index in [2.05, 4.69) is 31.5 Å². The van der Waals surface area contributed by atoms with Crippen molar-refractivity contribution in [3.05, 3.63) is 60.2 Å². The molecule has 2 heterocycles. The molecule has 0 fully saturated rings. The SMILES string of the molecule is C=C(C)C=N/C=C(\C)c1nnc(NS(=O)(=O)[C@H](C)[C@@H](OC)c2ncc(C)o2)n1-c1c(OC)cccc1OC. The Balaban J connectivity index is 2.16. The minimum absolute atomic E-state index is 0.0929. The summed E-state index contributed by atoms with van der Waals surface area (Å²) in [5.74, 6) is 1.70. The Morgan fingerprint density at radius 1 is 1.18 bits per heavy atom. The highest BCUT2D eigenvalue weighted by molar-refractivity contribution is 7.93. The molecule has 0 bridgehead atoms. The van der Waals surface area contributed by atoms with Crippen LogP contribution in [0.3, 0.4) is 0 Å². The largest absolute Gasteiger partial charge is 0.494 e. The molecule has 1 N–H and O–H groups in total. The summed E-state index contributed by atoms with van der Waals surface area (Å²) in [7, 11) is 0.262. The number of sulfonamides is 1. The number of nitrogens with zero attached hydrogens (tertiary/aromatic N) is 5. The van der Waals surface area contributed by atoms with Crippen LogP contribution in [0.2, 0.25) is 0 Å². The lowest BCUT2D eigenvalue weighted by molar-refractivity contribution is 0.0779. The number of allylic oxidation sites excluding steroid dienone is 2. The van der Waals surface area contributed by atoms with Gasteiger partial charge in [-0.3, -0.25) is 14.3 Å². The predicted octanol–water partition coefficient (Wildman–Crippen LogP) is 4.11. The molecule has 38 heavy (non-hydrogen) atoms. The molecule has 3 aromatic rings. The Bertz CT molecular complexity index is 1430. The van der Waals surface area contributed by atoms with E-state index in [4.69, 9.17) is 18.6 Å². The van der Waals surface area contributed by atoms with Gasteiger partial charge in [0.05, 0.1) is 20.4 Å². The van der Waals surface area contributed by atoms with Crippen molar-refractivity contribution >= 4 is 27.8 Å². The van der Waals surface area contributed by atoms with Gasteiger partial charge in [-0.25, -0.2) is 13.4 Å². The van der Waals surface area contributed by atoms with Crippen LogP contribution in [0.4, 0.5) is 5.95 Å². The van der Waals surface area contributed by atoms with Crippen LogP contribution < -0.4 is 14.2 Å². The molecule has 3 rings (SSSR count). The molecule has 0 aliphatic heterocycles. The minimum atomic E-state index is -4.11. The smallest absolute Gasteiger partial charge is 0.243 e. The van der Waals surface area contributed by atoms with Gasteiger partial charge >= 0.3 is 0 Å². The van der Waals surface area contributed by atoms with Gasteiger partial charge in [-0.15, -0.1) is 10.2 Å². The monoisotopic (exact) mass is 544 g/mol. The van der Waals surface area contributed by atoms with Gasteiger partial charge in [0.2, 0.25) is 21.9 Å². The van der Waals surface area contributed by atoms with Crippen LogP contribution in [0.15, 0.2) is 52.2 Å². The van der Waals surface area contributed by atoms with E-state index in [1.165, 1.54) is 39.0 Å². The highest BCUT2D eigenvalue weighted by Crippen LogP contribution is 2.37. The predicted molar refractivity (Wildman–Crippen MR) is 144 cm³/mol. The fourth-order valence-corrected chi connectivity index (χ4v) is 4.71. The maximum absolute atomic E-state index is 13.5. The van der Waals surface area contributed by atoms with Crippen molar-refractivity contribution in [2.45, 2.75) is 39.0 Å². The van der Waals surface area contributed by atoms with E-state index in [9.17, 15) is 8.42 Å². The number of anilines is 1. The standard InChI is InChI=1S/C25H32N6O6S/c1-15(2)12-26-13-16(3)23-28-29-25(31(23)21-19(34-6)10-9-11-20(21)35-7)30-38(32,33)18(5)22(36-8)24-27-14-17(4)37-24/h9-14,18,22H,1H2,2-8H3,(H,29,30)/b16-13+,26-12?/t18-,22-/m1/s1. The lowest BCUT2D eigenvalue weighted by Crippen LogP contribution is -2.33. The summed E-state index contributed by atoms with van der Waals surface area (Å²) in [6.45, 7) is 10.6. The third kappa shape index (κ3) is 6.11. The van der Waals surface area contributed by atoms with E-state index in [1.54, 1.807) is 44.5 Å². The maximum atomic E-state index is 13.5. The molecule has 204 valence electrons. The average molecular weight is 545 g/mol. The molecule has 0 saturated carbocycles. The van der Waals surface area contributed by atoms with Gasteiger partial charge in [-0.05, 0) is 45.4 Å². The van der Waals surface area contributed by atoms with Gasteiger partial charge < -0.3 is 18.6 Å². The molecule has 13 heteroatoms. The number of ether oxygens (including phenoxy) is 3. The van der Waals surface area contributed by atoms with Crippen molar-refractivity contribution in [3.63, 3.8) is 0 Å². The number of rotatable bonds is 12. The van der Waals surface area contributed by atoms with Crippen LogP contribution in [0.5, 0.6) is 11.5 Å². The third-order valence-electron chi connectivity index (χ3n) is 5.49. The second-order valence-electron chi connectivity index (χ2n) is 8.45. The molecular weight excluding hydrogens is 512 g/mol. The van der Waals surface area contributed by atoms with Crippen molar-refractivity contribution in [2.24, 2.45) is 4.99 Å². The summed E-state index contributed by atoms with van der Waals surface area (Å²) in [4.78, 5) is 8.38. The summed E-state index contributed by atoms with van der Waals surface area (Å²) in [5, 5.41) is 7.30. The highest BCUT2D eigenvalue weighted by Gasteiger charge is 2.36. The first-order valence-electron chi connectivity index (χ1n) is 11.5. The molecule has 2 aromatic heterocycles. The molecule has 2 atom stereocenters. The second kappa shape index (κ2) is 12.0. The number of benzene rings is 1. The number of aliphatic imine (C=N–C) groups is 1. The molecule has 0 unspecified atom stereocenters. The fourth-order valence-electron chi connectivity index (χ4n) is 3.58. The van der Waals surface area contributed by atoms with Gasteiger partial charge in [0.15, 0.2) is 11.9 Å². The number of para-hydroxylation sites is 1. The topological polar surface area (TPSA) is 143 Å². The molecule has 0 amide bonds. The Kier molecular flexibility index (Phi) is 9.07. The van der Waals surface area contributed by atoms with Crippen LogP contribution in [0, 0.1) is 6.92 Å². The summed E-state index contributed by atoms with van der Waals surface area (Å²) in [6.07, 6.45) is 3.69. The molecule has 0 aliphatic carbocycles. The first kappa shape index (κ1) is 28.6. The number of methoxy groups -OCH3 is 3. The number of hydrogen-bond donors (Lipinski definition) is 1. The van der Waals surface area contributed by atoms with E-state index in [1.807, 2.05) is 6.92 Å². The van der Waals surface area contributed by atoms with Gasteiger partial charge in [0.25, 0.3) is 0 Å². The number of aromatic nitrogens is 4. The first-order chi connectivity index (χ1) is 18.0. The Hall–Kier alpha value is -3.97. The third-order valence-corrected chi connectivity index (χ3v) is 7.18. The lowest BCUT2D eigenvalue weighted by atomic mass is 10.2. The van der Waals surface area contributed by atoms with E-state index in [0.717, 1.165) is 5.57 Å². The van der Waals surface area contributed by atoms with Gasteiger partial charge in [-0.1, -0.05) is 12.6 Å². The van der Waals surface area contributed by atoms with Crippen molar-refractivity contribution in [1.29, 1.82) is 0 Å². The van der Waals surface area contributed by atoms with Crippen LogP contribution in [0.1, 0.15) is 44.4 Å².